The van der Waals surface area contributed by atoms with Crippen LogP contribution < -0.4 is 0 Å². The van der Waals surface area contributed by atoms with Crippen LogP contribution in [0.25, 0.3) is 0 Å². The van der Waals surface area contributed by atoms with E-state index >= 15 is 0 Å². The first-order valence-corrected chi connectivity index (χ1v) is 7.31. The molecular weight excluding hydrogens is 234 g/mol. The van der Waals surface area contributed by atoms with Gasteiger partial charge in [-0.2, -0.15) is 0 Å². The van der Waals surface area contributed by atoms with Crippen molar-refractivity contribution in [2.75, 3.05) is 13.1 Å². The van der Waals surface area contributed by atoms with Gasteiger partial charge in [-0.1, -0.05) is 45.0 Å². The van der Waals surface area contributed by atoms with E-state index < -0.39 is 0 Å². The van der Waals surface area contributed by atoms with Crippen molar-refractivity contribution in [2.45, 2.75) is 53.0 Å². The second-order valence-corrected chi connectivity index (χ2v) is 5.50. The van der Waals surface area contributed by atoms with Crippen molar-refractivity contribution in [1.82, 2.24) is 4.90 Å². The predicted octanol–water partition coefficient (Wildman–Crippen LogP) is 3.48. The van der Waals surface area contributed by atoms with Gasteiger partial charge in [0.2, 0.25) is 0 Å². The van der Waals surface area contributed by atoms with Crippen LogP contribution in [0.2, 0.25) is 0 Å². The lowest BCUT2D eigenvalue weighted by atomic mass is 9.91. The van der Waals surface area contributed by atoms with Crippen LogP contribution in [0.3, 0.4) is 0 Å². The molecule has 0 aromatic heterocycles. The van der Waals surface area contributed by atoms with Crippen LogP contribution in [0.5, 0.6) is 0 Å². The molecule has 0 aliphatic rings. The number of ketones is 1. The molecule has 106 valence electrons. The molecule has 0 saturated carbocycles. The Hall–Kier alpha value is -1.15. The summed E-state index contributed by atoms with van der Waals surface area (Å²) in [6.45, 7) is 12.2. The Morgan fingerprint density at radius 1 is 1.00 bits per heavy atom. The Balaban J connectivity index is 2.77. The Kier molecular flexibility index (Phi) is 5.74. The topological polar surface area (TPSA) is 20.3 Å². The Labute approximate surface area is 117 Å². The van der Waals surface area contributed by atoms with Gasteiger partial charge in [0.05, 0.1) is 5.54 Å². The van der Waals surface area contributed by atoms with Crippen molar-refractivity contribution in [1.29, 1.82) is 0 Å². The van der Waals surface area contributed by atoms with Gasteiger partial charge in [-0.3, -0.25) is 9.69 Å². The van der Waals surface area contributed by atoms with E-state index in [9.17, 15) is 4.79 Å². The summed E-state index contributed by atoms with van der Waals surface area (Å²) in [6.07, 6.45) is 1.56. The lowest BCUT2D eigenvalue weighted by Crippen LogP contribution is -2.50. The van der Waals surface area contributed by atoms with Gasteiger partial charge in [0, 0.05) is 6.42 Å². The molecule has 1 aromatic rings. The number of carbonyl (C=O) groups excluding carboxylic acids is 1. The van der Waals surface area contributed by atoms with E-state index in [-0.39, 0.29) is 5.54 Å². The number of likely N-dealkylation sites (N-methyl/N-ethyl adjacent to an activating group) is 1. The zero-order valence-corrected chi connectivity index (χ0v) is 13.0. The second-order valence-electron chi connectivity index (χ2n) is 5.50. The molecular formula is C17H27NO. The fourth-order valence-corrected chi connectivity index (χ4v) is 2.49. The molecule has 0 spiro atoms. The van der Waals surface area contributed by atoms with Crippen molar-refractivity contribution >= 4 is 5.78 Å². The minimum Gasteiger partial charge on any atom is -0.297 e. The Bertz CT molecular complexity index is 402. The van der Waals surface area contributed by atoms with E-state index in [1.54, 1.807) is 0 Å². The number of hydrogen-bond donors (Lipinski definition) is 0. The van der Waals surface area contributed by atoms with Gasteiger partial charge >= 0.3 is 0 Å². The summed E-state index contributed by atoms with van der Waals surface area (Å²) in [7, 11) is 0. The number of aryl methyl sites for hydroxylation is 1. The van der Waals surface area contributed by atoms with E-state index in [0.29, 0.717) is 12.2 Å². The Morgan fingerprint density at radius 3 is 1.89 bits per heavy atom. The first kappa shape index (κ1) is 15.9. The highest BCUT2D eigenvalue weighted by Crippen LogP contribution is 2.18. The van der Waals surface area contributed by atoms with Gasteiger partial charge in [-0.25, -0.2) is 0 Å². The lowest BCUT2D eigenvalue weighted by Gasteiger charge is -2.35. The number of Topliss-reactive ketones (excluding diaryl/α,β-unsaturated/α-hetero) is 1. The highest BCUT2D eigenvalue weighted by molar-refractivity contribution is 5.89. The number of rotatable bonds is 7. The van der Waals surface area contributed by atoms with Gasteiger partial charge in [0.15, 0.2) is 5.78 Å². The third-order valence-electron chi connectivity index (χ3n) is 4.03. The molecule has 0 heterocycles. The molecule has 0 bridgehead atoms. The van der Waals surface area contributed by atoms with E-state index in [1.165, 1.54) is 5.56 Å². The maximum absolute atomic E-state index is 12.5. The largest absolute Gasteiger partial charge is 0.297 e. The molecule has 0 radical (unpaired) electrons. The van der Waals surface area contributed by atoms with Crippen LogP contribution in [-0.4, -0.2) is 29.3 Å². The Morgan fingerprint density at radius 2 is 1.47 bits per heavy atom. The van der Waals surface area contributed by atoms with Crippen LogP contribution >= 0.6 is 0 Å². The number of nitrogens with zero attached hydrogens (tertiary/aromatic N) is 1. The van der Waals surface area contributed by atoms with Crippen LogP contribution in [0.1, 0.15) is 45.7 Å². The standard InChI is InChI=1S/C17H27NO/c1-6-14-9-11-15(12-10-14)13-16(19)17(4,5)18(7-2)8-3/h9-12H,6-8,13H2,1-5H3. The molecule has 0 saturated heterocycles. The summed E-state index contributed by atoms with van der Waals surface area (Å²) >= 11 is 0. The molecule has 0 aliphatic heterocycles. The first-order valence-electron chi connectivity index (χ1n) is 7.31. The van der Waals surface area contributed by atoms with Gasteiger partial charge in [-0.05, 0) is 44.5 Å². The van der Waals surface area contributed by atoms with Gasteiger partial charge in [-0.15, -0.1) is 0 Å². The van der Waals surface area contributed by atoms with Crippen molar-refractivity contribution in [3.05, 3.63) is 35.4 Å². The van der Waals surface area contributed by atoms with Crippen molar-refractivity contribution in [3.63, 3.8) is 0 Å². The zero-order chi connectivity index (χ0) is 14.5. The molecule has 19 heavy (non-hydrogen) atoms. The summed E-state index contributed by atoms with van der Waals surface area (Å²) in [5.41, 5.74) is 2.05. The molecule has 0 aliphatic carbocycles. The zero-order valence-electron chi connectivity index (χ0n) is 13.0. The normalized spacial score (nSPS) is 11.9. The second kappa shape index (κ2) is 6.85. The molecule has 1 rings (SSSR count). The quantitative estimate of drug-likeness (QED) is 0.749. The molecule has 0 unspecified atom stereocenters. The third-order valence-corrected chi connectivity index (χ3v) is 4.03. The minimum absolute atomic E-state index is 0.292. The molecule has 0 fully saturated rings. The van der Waals surface area contributed by atoms with Crippen LogP contribution in [-0.2, 0) is 17.6 Å². The summed E-state index contributed by atoms with van der Waals surface area (Å²) in [4.78, 5) is 14.7. The first-order chi connectivity index (χ1) is 8.95. The monoisotopic (exact) mass is 261 g/mol. The highest BCUT2D eigenvalue weighted by Gasteiger charge is 2.32. The van der Waals surface area contributed by atoms with Crippen LogP contribution in [0.4, 0.5) is 0 Å². The average Bonchev–Trinajstić information content (AvgIpc) is 2.40. The van der Waals surface area contributed by atoms with Gasteiger partial charge < -0.3 is 0 Å². The maximum Gasteiger partial charge on any atom is 0.156 e. The molecule has 2 nitrogen and oxygen atoms in total. The van der Waals surface area contributed by atoms with E-state index in [1.807, 2.05) is 13.8 Å². The summed E-state index contributed by atoms with van der Waals surface area (Å²) in [5.74, 6) is 0.292. The SMILES string of the molecule is CCc1ccc(CC(=O)C(C)(C)N(CC)CC)cc1. The fraction of sp³-hybridized carbons (Fsp3) is 0.588. The van der Waals surface area contributed by atoms with Crippen LogP contribution in [0, 0.1) is 0 Å². The number of carbonyl (C=O) groups is 1. The number of benzene rings is 1. The summed E-state index contributed by atoms with van der Waals surface area (Å²) in [6, 6.07) is 8.39. The molecule has 0 atom stereocenters. The van der Waals surface area contributed by atoms with E-state index in [4.69, 9.17) is 0 Å². The predicted molar refractivity (Wildman–Crippen MR) is 81.5 cm³/mol. The average molecular weight is 261 g/mol. The van der Waals surface area contributed by atoms with Crippen molar-refractivity contribution in [3.8, 4) is 0 Å². The summed E-state index contributed by atoms with van der Waals surface area (Å²) < 4.78 is 0. The van der Waals surface area contributed by atoms with Crippen molar-refractivity contribution in [2.24, 2.45) is 0 Å². The maximum atomic E-state index is 12.5. The van der Waals surface area contributed by atoms with Gasteiger partial charge in [0.25, 0.3) is 0 Å². The van der Waals surface area contributed by atoms with Crippen molar-refractivity contribution < 1.29 is 4.79 Å². The molecule has 2 heteroatoms. The smallest absolute Gasteiger partial charge is 0.156 e. The van der Waals surface area contributed by atoms with E-state index in [2.05, 4.69) is 49.9 Å². The third kappa shape index (κ3) is 3.90. The minimum atomic E-state index is -0.382. The highest BCUT2D eigenvalue weighted by atomic mass is 16.1. The molecule has 1 aromatic carbocycles. The number of hydrogen-bond acceptors (Lipinski definition) is 2. The van der Waals surface area contributed by atoms with E-state index in [0.717, 1.165) is 25.1 Å². The fourth-order valence-electron chi connectivity index (χ4n) is 2.49. The summed E-state index contributed by atoms with van der Waals surface area (Å²) in [5, 5.41) is 0. The molecule has 0 N–H and O–H groups in total. The van der Waals surface area contributed by atoms with Gasteiger partial charge in [0.1, 0.15) is 0 Å². The molecule has 0 amide bonds. The van der Waals surface area contributed by atoms with Crippen LogP contribution in [0.15, 0.2) is 24.3 Å². The lowest BCUT2D eigenvalue weighted by molar-refractivity contribution is -0.128.